The third-order valence-corrected chi connectivity index (χ3v) is 5.33. The highest BCUT2D eigenvalue weighted by atomic mass is 32.2. The van der Waals surface area contributed by atoms with E-state index < -0.39 is 10.0 Å². The van der Waals surface area contributed by atoms with Crippen molar-refractivity contribution in [1.82, 2.24) is 4.41 Å². The van der Waals surface area contributed by atoms with Gasteiger partial charge in [-0.15, -0.1) is 17.8 Å². The lowest BCUT2D eigenvalue weighted by Crippen LogP contribution is -2.36. The van der Waals surface area contributed by atoms with Crippen LogP contribution >= 0.6 is 11.3 Å². The highest BCUT2D eigenvalue weighted by molar-refractivity contribution is 7.91. The van der Waals surface area contributed by atoms with Gasteiger partial charge in [-0.25, -0.2) is 8.42 Å². The molecule has 19 heavy (non-hydrogen) atoms. The van der Waals surface area contributed by atoms with Crippen molar-refractivity contribution in [2.24, 2.45) is 0 Å². The number of sulfonamides is 1. The number of thiophene rings is 1. The summed E-state index contributed by atoms with van der Waals surface area (Å²) in [4.78, 5) is 0. The number of para-hydroxylation sites is 1. The molecule has 0 atom stereocenters. The number of nitrogens with one attached hydrogen (secondary N) is 1. The van der Waals surface area contributed by atoms with E-state index in [1.807, 2.05) is 18.2 Å². The molecule has 0 spiro atoms. The Kier molecular flexibility index (Phi) is 4.22. The van der Waals surface area contributed by atoms with Gasteiger partial charge >= 0.3 is 0 Å². The Hall–Kier alpha value is -1.81. The van der Waals surface area contributed by atoms with Gasteiger partial charge in [0.2, 0.25) is 0 Å². The second-order valence-corrected chi connectivity index (χ2v) is 6.66. The van der Waals surface area contributed by atoms with E-state index in [9.17, 15) is 8.42 Å². The van der Waals surface area contributed by atoms with Gasteiger partial charge in [0.1, 0.15) is 4.21 Å². The summed E-state index contributed by atoms with van der Waals surface area (Å²) in [6.07, 6.45) is 5.24. The monoisotopic (exact) mass is 292 g/mol. The maximum atomic E-state index is 12.4. The van der Waals surface area contributed by atoms with Gasteiger partial charge in [-0.3, -0.25) is 0 Å². The number of rotatable bonds is 5. The molecule has 0 saturated carbocycles. The highest BCUT2D eigenvalue weighted by Crippen LogP contribution is 2.21. The number of anilines is 1. The van der Waals surface area contributed by atoms with Crippen molar-refractivity contribution in [3.8, 4) is 12.3 Å². The smallest absolute Gasteiger partial charge is 0.270 e. The van der Waals surface area contributed by atoms with E-state index >= 15 is 0 Å². The molecule has 2 rings (SSSR count). The average molecular weight is 292 g/mol. The van der Waals surface area contributed by atoms with Gasteiger partial charge in [0.25, 0.3) is 10.0 Å². The first kappa shape index (κ1) is 13.6. The molecule has 1 N–H and O–H groups in total. The Morgan fingerprint density at radius 2 is 1.95 bits per heavy atom. The van der Waals surface area contributed by atoms with E-state index in [0.717, 1.165) is 15.8 Å². The lowest BCUT2D eigenvalue weighted by Gasteiger charge is -2.20. The SMILES string of the molecule is C#CCN(Nc1ccccc1)S(=O)(=O)c1cccs1. The molecule has 1 aromatic heterocycles. The van der Waals surface area contributed by atoms with Gasteiger partial charge in [-0.1, -0.05) is 34.6 Å². The summed E-state index contributed by atoms with van der Waals surface area (Å²) in [7, 11) is -3.62. The maximum absolute atomic E-state index is 12.4. The van der Waals surface area contributed by atoms with Gasteiger partial charge in [-0.05, 0) is 23.6 Å². The zero-order chi connectivity index (χ0) is 13.7. The van der Waals surface area contributed by atoms with Gasteiger partial charge in [0, 0.05) is 0 Å². The summed E-state index contributed by atoms with van der Waals surface area (Å²) >= 11 is 1.16. The fourth-order valence-corrected chi connectivity index (χ4v) is 3.75. The summed E-state index contributed by atoms with van der Waals surface area (Å²) in [5, 5.41) is 1.71. The molecule has 0 aliphatic heterocycles. The molecule has 0 radical (unpaired) electrons. The summed E-state index contributed by atoms with van der Waals surface area (Å²) in [6, 6.07) is 12.3. The summed E-state index contributed by atoms with van der Waals surface area (Å²) < 4.78 is 26.1. The van der Waals surface area contributed by atoms with Gasteiger partial charge in [-0.2, -0.15) is 0 Å². The van der Waals surface area contributed by atoms with Crippen molar-refractivity contribution in [3.05, 3.63) is 47.8 Å². The van der Waals surface area contributed by atoms with Crippen molar-refractivity contribution in [3.63, 3.8) is 0 Å². The zero-order valence-corrected chi connectivity index (χ0v) is 11.6. The Balaban J connectivity index is 2.29. The van der Waals surface area contributed by atoms with Crippen LogP contribution in [0.4, 0.5) is 5.69 Å². The summed E-state index contributed by atoms with van der Waals surface area (Å²) in [6.45, 7) is -0.0465. The molecule has 0 unspecified atom stereocenters. The minimum absolute atomic E-state index is 0.0465. The van der Waals surface area contributed by atoms with Crippen molar-refractivity contribution >= 4 is 27.0 Å². The van der Waals surface area contributed by atoms with E-state index in [0.29, 0.717) is 5.69 Å². The van der Waals surface area contributed by atoms with E-state index in [1.54, 1.807) is 29.6 Å². The van der Waals surface area contributed by atoms with E-state index in [1.165, 1.54) is 0 Å². The van der Waals surface area contributed by atoms with Gasteiger partial charge < -0.3 is 5.43 Å². The predicted octanol–water partition coefficient (Wildman–Crippen LogP) is 2.40. The lowest BCUT2D eigenvalue weighted by atomic mass is 10.3. The van der Waals surface area contributed by atoms with Crippen LogP contribution in [0.15, 0.2) is 52.1 Å². The Labute approximate surface area is 116 Å². The molecule has 0 aliphatic carbocycles. The molecule has 6 heteroatoms. The number of benzene rings is 1. The molecule has 0 fully saturated rings. The van der Waals surface area contributed by atoms with Gasteiger partial charge in [0.05, 0.1) is 12.2 Å². The normalized spacial score (nSPS) is 11.2. The van der Waals surface area contributed by atoms with Crippen molar-refractivity contribution in [2.75, 3.05) is 12.0 Å². The molecule has 0 bridgehead atoms. The predicted molar refractivity (Wildman–Crippen MR) is 77.1 cm³/mol. The maximum Gasteiger partial charge on any atom is 0.270 e. The number of hydrogen-bond acceptors (Lipinski definition) is 4. The number of hydrogen-bond donors (Lipinski definition) is 1. The van der Waals surface area contributed by atoms with Crippen LogP contribution in [-0.2, 0) is 10.0 Å². The van der Waals surface area contributed by atoms with Crippen molar-refractivity contribution in [1.29, 1.82) is 0 Å². The second-order valence-electron chi connectivity index (χ2n) is 3.63. The second kappa shape index (κ2) is 5.89. The largest absolute Gasteiger partial charge is 0.304 e. The minimum atomic E-state index is -3.62. The third-order valence-electron chi connectivity index (χ3n) is 2.30. The molecular formula is C13H12N2O2S2. The fraction of sp³-hybridized carbons (Fsp3) is 0.0769. The molecule has 1 heterocycles. The number of nitrogens with zero attached hydrogens (tertiary/aromatic N) is 1. The van der Waals surface area contributed by atoms with E-state index in [4.69, 9.17) is 6.42 Å². The Morgan fingerprint density at radius 1 is 1.21 bits per heavy atom. The van der Waals surface area contributed by atoms with Crippen LogP contribution in [0.1, 0.15) is 0 Å². The highest BCUT2D eigenvalue weighted by Gasteiger charge is 2.24. The standard InChI is InChI=1S/C13H12N2O2S2/c1-2-10-15(14-12-7-4-3-5-8-12)19(16,17)13-9-6-11-18-13/h1,3-9,11,14H,10H2. The van der Waals surface area contributed by atoms with Crippen molar-refractivity contribution < 1.29 is 8.42 Å². The molecule has 2 aromatic rings. The molecule has 0 amide bonds. The summed E-state index contributed by atoms with van der Waals surface area (Å²) in [5.74, 6) is 2.34. The zero-order valence-electron chi connectivity index (χ0n) is 9.98. The minimum Gasteiger partial charge on any atom is -0.304 e. The first-order valence-corrected chi connectivity index (χ1v) is 7.78. The van der Waals surface area contributed by atoms with Crippen LogP contribution in [-0.4, -0.2) is 19.4 Å². The molecule has 98 valence electrons. The van der Waals surface area contributed by atoms with Crippen LogP contribution in [0, 0.1) is 12.3 Å². The Bertz CT molecular complexity index is 658. The van der Waals surface area contributed by atoms with Crippen LogP contribution < -0.4 is 5.43 Å². The molecule has 4 nitrogen and oxygen atoms in total. The average Bonchev–Trinajstić information content (AvgIpc) is 2.94. The third kappa shape index (κ3) is 3.15. The Morgan fingerprint density at radius 3 is 2.53 bits per heavy atom. The van der Waals surface area contributed by atoms with Crippen molar-refractivity contribution in [2.45, 2.75) is 4.21 Å². The van der Waals surface area contributed by atoms with Crippen LogP contribution in [0.5, 0.6) is 0 Å². The number of terminal acetylenes is 1. The molecule has 0 aliphatic rings. The van der Waals surface area contributed by atoms with Crippen LogP contribution in [0.25, 0.3) is 0 Å². The first-order valence-electron chi connectivity index (χ1n) is 5.46. The topological polar surface area (TPSA) is 49.4 Å². The van der Waals surface area contributed by atoms with Crippen LogP contribution in [0.2, 0.25) is 0 Å². The molecule has 1 aromatic carbocycles. The van der Waals surface area contributed by atoms with Gasteiger partial charge in [0.15, 0.2) is 0 Å². The molecular weight excluding hydrogens is 280 g/mol. The van der Waals surface area contributed by atoms with E-state index in [-0.39, 0.29) is 10.8 Å². The van der Waals surface area contributed by atoms with Crippen LogP contribution in [0.3, 0.4) is 0 Å². The molecule has 0 saturated heterocycles. The summed E-state index contributed by atoms with van der Waals surface area (Å²) in [5.41, 5.74) is 3.48. The quantitative estimate of drug-likeness (QED) is 0.680. The first-order chi connectivity index (χ1) is 9.14. The number of hydrazine groups is 1. The lowest BCUT2D eigenvalue weighted by molar-refractivity contribution is 0.500. The van der Waals surface area contributed by atoms with E-state index in [2.05, 4.69) is 11.3 Å². The fourth-order valence-electron chi connectivity index (χ4n) is 1.44.